The molecule has 1 rings (SSSR count). The smallest absolute Gasteiger partial charge is 0.408 e. The predicted octanol–water partition coefficient (Wildman–Crippen LogP) is 1.79. The molecule has 1 atom stereocenters. The van der Waals surface area contributed by atoms with E-state index in [1.165, 1.54) is 0 Å². The van der Waals surface area contributed by atoms with Gasteiger partial charge in [0, 0.05) is 6.61 Å². The summed E-state index contributed by atoms with van der Waals surface area (Å²) >= 11 is 0. The molecule has 1 amide bonds. The highest BCUT2D eigenvalue weighted by Gasteiger charge is 2.20. The minimum absolute atomic E-state index is 0.0798. The van der Waals surface area contributed by atoms with Crippen molar-refractivity contribution >= 4 is 12.1 Å². The molecular weight excluding hydrogens is 262 g/mol. The lowest BCUT2D eigenvalue weighted by Crippen LogP contribution is -2.44. The zero-order valence-corrected chi connectivity index (χ0v) is 11.4. The van der Waals surface area contributed by atoms with Gasteiger partial charge in [-0.15, -0.1) is 0 Å². The molecule has 110 valence electrons. The summed E-state index contributed by atoms with van der Waals surface area (Å²) in [6.07, 6.45) is 0.00601. The van der Waals surface area contributed by atoms with Gasteiger partial charge in [0.2, 0.25) is 0 Å². The molecule has 0 saturated heterocycles. The van der Waals surface area contributed by atoms with E-state index in [2.05, 4.69) is 5.32 Å². The summed E-state index contributed by atoms with van der Waals surface area (Å²) in [4.78, 5) is 22.5. The van der Waals surface area contributed by atoms with Gasteiger partial charge in [0.25, 0.3) is 0 Å². The van der Waals surface area contributed by atoms with Crippen molar-refractivity contribution in [1.82, 2.24) is 5.32 Å². The maximum absolute atomic E-state index is 11.5. The Kier molecular flexibility index (Phi) is 7.13. The van der Waals surface area contributed by atoms with Gasteiger partial charge < -0.3 is 19.9 Å². The van der Waals surface area contributed by atoms with Crippen molar-refractivity contribution in [1.29, 1.82) is 0 Å². The number of carbonyl (C=O) groups excluding carboxylic acids is 1. The van der Waals surface area contributed by atoms with Gasteiger partial charge >= 0.3 is 12.1 Å². The van der Waals surface area contributed by atoms with Crippen LogP contribution in [0.1, 0.15) is 18.9 Å². The van der Waals surface area contributed by atoms with Crippen LogP contribution < -0.4 is 5.32 Å². The Morgan fingerprint density at radius 1 is 1.30 bits per heavy atom. The molecule has 1 aromatic carbocycles. The zero-order chi connectivity index (χ0) is 14.8. The number of carboxylic acids is 1. The van der Waals surface area contributed by atoms with Crippen LogP contribution in [0.5, 0.6) is 0 Å². The molecule has 1 aromatic rings. The highest BCUT2D eigenvalue weighted by Crippen LogP contribution is 2.01. The maximum Gasteiger partial charge on any atom is 0.408 e. The lowest BCUT2D eigenvalue weighted by molar-refractivity contribution is -0.141. The first-order chi connectivity index (χ1) is 9.63. The summed E-state index contributed by atoms with van der Waals surface area (Å²) in [5.41, 5.74) is 0.830. The van der Waals surface area contributed by atoms with E-state index in [0.29, 0.717) is 6.61 Å². The van der Waals surface area contributed by atoms with E-state index in [1.807, 2.05) is 37.3 Å². The van der Waals surface area contributed by atoms with Crippen LogP contribution in [0.4, 0.5) is 4.79 Å². The molecule has 0 radical (unpaired) electrons. The Hall–Kier alpha value is -2.08. The Morgan fingerprint density at radius 3 is 2.60 bits per heavy atom. The summed E-state index contributed by atoms with van der Waals surface area (Å²) in [6, 6.07) is 8.03. The average molecular weight is 281 g/mol. The van der Waals surface area contributed by atoms with Gasteiger partial charge in [-0.2, -0.15) is 0 Å². The number of benzene rings is 1. The molecule has 6 heteroatoms. The molecule has 0 aliphatic carbocycles. The fraction of sp³-hybridized carbons (Fsp3) is 0.429. The summed E-state index contributed by atoms with van der Waals surface area (Å²) in [7, 11) is 0. The summed E-state index contributed by atoms with van der Waals surface area (Å²) in [5, 5.41) is 11.2. The molecule has 0 heterocycles. The van der Waals surface area contributed by atoms with E-state index in [1.54, 1.807) is 0 Å². The van der Waals surface area contributed by atoms with Crippen molar-refractivity contribution in [3.05, 3.63) is 35.9 Å². The van der Waals surface area contributed by atoms with Crippen LogP contribution in [0.2, 0.25) is 0 Å². The van der Waals surface area contributed by atoms with Gasteiger partial charge in [-0.1, -0.05) is 37.3 Å². The van der Waals surface area contributed by atoms with E-state index in [4.69, 9.17) is 14.6 Å². The highest BCUT2D eigenvalue weighted by molar-refractivity contribution is 5.79. The minimum Gasteiger partial charge on any atom is -0.480 e. The van der Waals surface area contributed by atoms with Crippen molar-refractivity contribution < 1.29 is 24.2 Å². The van der Waals surface area contributed by atoms with Gasteiger partial charge in [0.15, 0.2) is 6.04 Å². The number of nitrogens with one attached hydrogen (secondary N) is 1. The third-order valence-electron chi connectivity index (χ3n) is 2.44. The molecule has 0 aromatic heterocycles. The van der Waals surface area contributed by atoms with Crippen LogP contribution >= 0.6 is 0 Å². The molecule has 1 unspecified atom stereocenters. The van der Waals surface area contributed by atoms with Gasteiger partial charge in [-0.05, 0) is 12.0 Å². The Morgan fingerprint density at radius 2 is 2.00 bits per heavy atom. The number of hydrogen-bond donors (Lipinski definition) is 2. The minimum atomic E-state index is -1.15. The topological polar surface area (TPSA) is 84.9 Å². The normalized spacial score (nSPS) is 11.7. The molecule has 0 aliphatic heterocycles. The average Bonchev–Trinajstić information content (AvgIpc) is 2.45. The monoisotopic (exact) mass is 281 g/mol. The fourth-order valence-electron chi connectivity index (χ4n) is 1.43. The third-order valence-corrected chi connectivity index (χ3v) is 2.44. The fourth-order valence-corrected chi connectivity index (χ4v) is 1.43. The number of hydrogen-bond acceptors (Lipinski definition) is 4. The quantitative estimate of drug-likeness (QED) is 0.710. The van der Waals surface area contributed by atoms with Crippen molar-refractivity contribution in [3.63, 3.8) is 0 Å². The SMILES string of the molecule is CCCOCC(NC(=O)OCc1ccccc1)C(=O)O. The van der Waals surface area contributed by atoms with Crippen LogP contribution in [0.3, 0.4) is 0 Å². The Bertz CT molecular complexity index is 421. The van der Waals surface area contributed by atoms with Crippen LogP contribution in [0.25, 0.3) is 0 Å². The molecule has 0 spiro atoms. The predicted molar refractivity (Wildman–Crippen MR) is 72.3 cm³/mol. The molecule has 6 nitrogen and oxygen atoms in total. The summed E-state index contributed by atoms with van der Waals surface area (Å²) in [6.45, 7) is 2.38. The van der Waals surface area contributed by atoms with Gasteiger partial charge in [-0.3, -0.25) is 0 Å². The zero-order valence-electron chi connectivity index (χ0n) is 11.4. The Balaban J connectivity index is 2.36. The van der Waals surface area contributed by atoms with Crippen LogP contribution in [-0.4, -0.2) is 36.4 Å². The molecular formula is C14H19NO5. The van der Waals surface area contributed by atoms with E-state index >= 15 is 0 Å². The van der Waals surface area contributed by atoms with Gasteiger partial charge in [0.05, 0.1) is 6.61 Å². The number of rotatable bonds is 8. The number of carboxylic acid groups (broad SMARTS) is 1. The second-order valence-corrected chi connectivity index (χ2v) is 4.17. The number of carbonyl (C=O) groups is 2. The lowest BCUT2D eigenvalue weighted by atomic mass is 10.2. The number of alkyl carbamates (subject to hydrolysis) is 1. The molecule has 2 N–H and O–H groups in total. The number of aliphatic carboxylic acids is 1. The van der Waals surface area contributed by atoms with Gasteiger partial charge in [-0.25, -0.2) is 9.59 Å². The van der Waals surface area contributed by atoms with Crippen molar-refractivity contribution in [2.24, 2.45) is 0 Å². The third kappa shape index (κ3) is 6.19. The lowest BCUT2D eigenvalue weighted by Gasteiger charge is -2.14. The summed E-state index contributed by atoms with van der Waals surface area (Å²) in [5.74, 6) is -1.15. The van der Waals surface area contributed by atoms with Crippen molar-refractivity contribution in [2.45, 2.75) is 26.0 Å². The molecule has 0 aliphatic rings. The van der Waals surface area contributed by atoms with Crippen LogP contribution in [-0.2, 0) is 20.9 Å². The standard InChI is InChI=1S/C14H19NO5/c1-2-8-19-10-12(13(16)17)15-14(18)20-9-11-6-4-3-5-7-11/h3-7,12H,2,8-10H2,1H3,(H,15,18)(H,16,17). The second kappa shape index (κ2) is 8.92. The first kappa shape index (κ1) is 16.0. The van der Waals surface area contributed by atoms with Gasteiger partial charge in [0.1, 0.15) is 6.61 Å². The van der Waals surface area contributed by atoms with Crippen LogP contribution in [0, 0.1) is 0 Å². The molecule has 0 fully saturated rings. The second-order valence-electron chi connectivity index (χ2n) is 4.17. The van der Waals surface area contributed by atoms with Crippen LogP contribution in [0.15, 0.2) is 30.3 Å². The first-order valence-corrected chi connectivity index (χ1v) is 6.41. The Labute approximate surface area is 117 Å². The van der Waals surface area contributed by atoms with Crippen molar-refractivity contribution in [2.75, 3.05) is 13.2 Å². The highest BCUT2D eigenvalue weighted by atomic mass is 16.5. The first-order valence-electron chi connectivity index (χ1n) is 6.41. The molecule has 20 heavy (non-hydrogen) atoms. The molecule has 0 saturated carbocycles. The number of ether oxygens (including phenoxy) is 2. The maximum atomic E-state index is 11.5. The van der Waals surface area contributed by atoms with Crippen molar-refractivity contribution in [3.8, 4) is 0 Å². The summed E-state index contributed by atoms with van der Waals surface area (Å²) < 4.78 is 10.1. The van der Waals surface area contributed by atoms with E-state index in [0.717, 1.165) is 12.0 Å². The largest absolute Gasteiger partial charge is 0.480 e. The number of amides is 1. The molecule has 0 bridgehead atoms. The van der Waals surface area contributed by atoms with E-state index in [9.17, 15) is 9.59 Å². The van der Waals surface area contributed by atoms with E-state index < -0.39 is 18.1 Å². The van der Waals surface area contributed by atoms with E-state index in [-0.39, 0.29) is 13.2 Å².